The molecule has 3 N–H and O–H groups in total. The van der Waals surface area contributed by atoms with Gasteiger partial charge in [0.2, 0.25) is 11.7 Å². The normalized spacial score (nSPS) is 17.4. The van der Waals surface area contributed by atoms with Gasteiger partial charge in [-0.15, -0.1) is 0 Å². The van der Waals surface area contributed by atoms with E-state index in [1.165, 1.54) is 19.0 Å². The average Bonchev–Trinajstić information content (AvgIpc) is 2.97. The maximum absolute atomic E-state index is 12.3. The van der Waals surface area contributed by atoms with E-state index >= 15 is 0 Å². The van der Waals surface area contributed by atoms with Gasteiger partial charge in [-0.1, -0.05) is 43.9 Å². The molecular formula is C18H23N3O2. The molecule has 1 aromatic carbocycles. The van der Waals surface area contributed by atoms with Gasteiger partial charge in [0.15, 0.2) is 0 Å². The first-order valence-corrected chi connectivity index (χ1v) is 8.25. The van der Waals surface area contributed by atoms with Gasteiger partial charge in [-0.25, -0.2) is 4.98 Å². The first-order valence-electron chi connectivity index (χ1n) is 8.25. The fourth-order valence-corrected chi connectivity index (χ4v) is 3.05. The van der Waals surface area contributed by atoms with Crippen molar-refractivity contribution >= 4 is 5.91 Å². The van der Waals surface area contributed by atoms with Gasteiger partial charge in [-0.3, -0.25) is 4.79 Å². The van der Waals surface area contributed by atoms with E-state index in [1.807, 2.05) is 30.3 Å². The van der Waals surface area contributed by atoms with Gasteiger partial charge < -0.3 is 15.5 Å². The number of oxazole rings is 1. The quantitative estimate of drug-likeness (QED) is 0.850. The standard InChI is InChI=1S/C18H23N3O2/c19-18(10-6-1-2-7-11-18)13-21-16(22)15-12-20-17(23-15)14-8-4-3-5-9-14/h3-5,8-9,12H,1-2,6-7,10-11,13,19H2,(H,21,22). The molecule has 1 aliphatic carbocycles. The Hall–Kier alpha value is -2.14. The van der Waals surface area contributed by atoms with Crippen molar-refractivity contribution in [3.63, 3.8) is 0 Å². The highest BCUT2D eigenvalue weighted by molar-refractivity contribution is 5.91. The van der Waals surface area contributed by atoms with Gasteiger partial charge in [-0.05, 0) is 25.0 Å². The number of nitrogens with zero attached hydrogens (tertiary/aromatic N) is 1. The minimum atomic E-state index is -0.297. The van der Waals surface area contributed by atoms with Crippen molar-refractivity contribution < 1.29 is 9.21 Å². The SMILES string of the molecule is NC1(CNC(=O)c2cnc(-c3ccccc3)o2)CCCCCC1. The van der Waals surface area contributed by atoms with Crippen LogP contribution in [0.3, 0.4) is 0 Å². The van der Waals surface area contributed by atoms with E-state index in [4.69, 9.17) is 10.2 Å². The highest BCUT2D eigenvalue weighted by atomic mass is 16.4. The van der Waals surface area contributed by atoms with Crippen LogP contribution in [-0.4, -0.2) is 23.0 Å². The van der Waals surface area contributed by atoms with E-state index < -0.39 is 0 Å². The van der Waals surface area contributed by atoms with Crippen molar-refractivity contribution in [2.45, 2.75) is 44.1 Å². The van der Waals surface area contributed by atoms with Crippen LogP contribution in [0.1, 0.15) is 49.1 Å². The Morgan fingerprint density at radius 1 is 1.17 bits per heavy atom. The molecule has 1 fully saturated rings. The molecule has 0 bridgehead atoms. The number of aromatic nitrogens is 1. The Kier molecular flexibility index (Phi) is 4.76. The van der Waals surface area contributed by atoms with E-state index in [2.05, 4.69) is 10.3 Å². The molecule has 1 heterocycles. The predicted molar refractivity (Wildman–Crippen MR) is 88.9 cm³/mol. The minimum Gasteiger partial charge on any atom is -0.431 e. The summed E-state index contributed by atoms with van der Waals surface area (Å²) in [7, 11) is 0. The summed E-state index contributed by atoms with van der Waals surface area (Å²) < 4.78 is 5.57. The molecule has 0 saturated heterocycles. The number of rotatable bonds is 4. The van der Waals surface area contributed by atoms with Gasteiger partial charge in [0.1, 0.15) is 0 Å². The Morgan fingerprint density at radius 2 is 1.87 bits per heavy atom. The van der Waals surface area contributed by atoms with Gasteiger partial charge >= 0.3 is 0 Å². The molecule has 1 aliphatic rings. The highest BCUT2D eigenvalue weighted by Crippen LogP contribution is 2.24. The number of carbonyl (C=O) groups is 1. The van der Waals surface area contributed by atoms with E-state index in [-0.39, 0.29) is 17.2 Å². The Balaban J connectivity index is 1.61. The largest absolute Gasteiger partial charge is 0.431 e. The lowest BCUT2D eigenvalue weighted by atomic mass is 9.91. The van der Waals surface area contributed by atoms with Crippen LogP contribution in [-0.2, 0) is 0 Å². The van der Waals surface area contributed by atoms with E-state index in [1.54, 1.807) is 0 Å². The summed E-state index contributed by atoms with van der Waals surface area (Å²) in [4.78, 5) is 16.4. The number of carbonyl (C=O) groups excluding carboxylic acids is 1. The topological polar surface area (TPSA) is 81.1 Å². The Bertz CT molecular complexity index is 643. The molecule has 0 spiro atoms. The number of hydrogen-bond donors (Lipinski definition) is 2. The first-order chi connectivity index (χ1) is 11.2. The number of amides is 1. The molecule has 5 heteroatoms. The molecule has 0 unspecified atom stereocenters. The van der Waals surface area contributed by atoms with Crippen LogP contribution in [0.5, 0.6) is 0 Å². The molecule has 5 nitrogen and oxygen atoms in total. The lowest BCUT2D eigenvalue weighted by Gasteiger charge is -2.28. The maximum atomic E-state index is 12.3. The van der Waals surface area contributed by atoms with Crippen molar-refractivity contribution in [3.8, 4) is 11.5 Å². The van der Waals surface area contributed by atoms with Crippen LogP contribution in [0.25, 0.3) is 11.5 Å². The van der Waals surface area contributed by atoms with Crippen LogP contribution in [0.4, 0.5) is 0 Å². The molecule has 1 aromatic heterocycles. The third kappa shape index (κ3) is 3.99. The maximum Gasteiger partial charge on any atom is 0.288 e. The zero-order valence-corrected chi connectivity index (χ0v) is 13.3. The van der Waals surface area contributed by atoms with Gasteiger partial charge in [0, 0.05) is 17.6 Å². The smallest absolute Gasteiger partial charge is 0.288 e. The second kappa shape index (κ2) is 6.96. The fourth-order valence-electron chi connectivity index (χ4n) is 3.05. The van der Waals surface area contributed by atoms with Crippen molar-refractivity contribution in [1.29, 1.82) is 0 Å². The monoisotopic (exact) mass is 313 g/mol. The zero-order valence-electron chi connectivity index (χ0n) is 13.3. The van der Waals surface area contributed by atoms with Gasteiger partial charge in [0.25, 0.3) is 5.91 Å². The predicted octanol–water partition coefficient (Wildman–Crippen LogP) is 3.12. The number of nitrogens with two attached hydrogens (primary N) is 1. The van der Waals surface area contributed by atoms with Gasteiger partial charge in [0.05, 0.1) is 6.20 Å². The molecule has 1 saturated carbocycles. The summed E-state index contributed by atoms with van der Waals surface area (Å²) in [5, 5.41) is 2.90. The molecule has 1 amide bonds. The molecule has 3 rings (SSSR count). The average molecular weight is 313 g/mol. The van der Waals surface area contributed by atoms with Crippen LogP contribution in [0.2, 0.25) is 0 Å². The molecule has 2 aromatic rings. The van der Waals surface area contributed by atoms with Crippen LogP contribution < -0.4 is 11.1 Å². The highest BCUT2D eigenvalue weighted by Gasteiger charge is 2.27. The molecule has 23 heavy (non-hydrogen) atoms. The van der Waals surface area contributed by atoms with Crippen LogP contribution in [0.15, 0.2) is 40.9 Å². The van der Waals surface area contributed by atoms with E-state index in [0.717, 1.165) is 31.2 Å². The molecule has 0 atom stereocenters. The van der Waals surface area contributed by atoms with Crippen LogP contribution >= 0.6 is 0 Å². The summed E-state index contributed by atoms with van der Waals surface area (Å²) >= 11 is 0. The van der Waals surface area contributed by atoms with Crippen molar-refractivity contribution in [2.75, 3.05) is 6.54 Å². The van der Waals surface area contributed by atoms with Crippen LogP contribution in [0, 0.1) is 0 Å². The summed E-state index contributed by atoms with van der Waals surface area (Å²) in [5.74, 6) is 0.419. The summed E-state index contributed by atoms with van der Waals surface area (Å²) in [6.45, 7) is 0.479. The lowest BCUT2D eigenvalue weighted by molar-refractivity contribution is 0.0914. The zero-order chi connectivity index (χ0) is 16.1. The third-order valence-electron chi connectivity index (χ3n) is 4.45. The van der Waals surface area contributed by atoms with Gasteiger partial charge in [-0.2, -0.15) is 0 Å². The summed E-state index contributed by atoms with van der Waals surface area (Å²) in [5.41, 5.74) is 6.98. The molecule has 122 valence electrons. The number of hydrogen-bond acceptors (Lipinski definition) is 4. The second-order valence-corrected chi connectivity index (χ2v) is 6.35. The van der Waals surface area contributed by atoms with Crippen molar-refractivity contribution in [3.05, 3.63) is 42.3 Å². The summed E-state index contributed by atoms with van der Waals surface area (Å²) in [6, 6.07) is 9.53. The second-order valence-electron chi connectivity index (χ2n) is 6.35. The summed E-state index contributed by atoms with van der Waals surface area (Å²) in [6.07, 6.45) is 8.11. The van der Waals surface area contributed by atoms with E-state index in [9.17, 15) is 4.79 Å². The van der Waals surface area contributed by atoms with E-state index in [0.29, 0.717) is 12.4 Å². The molecular weight excluding hydrogens is 290 g/mol. The molecule has 0 radical (unpaired) electrons. The Morgan fingerprint density at radius 3 is 2.57 bits per heavy atom. The lowest BCUT2D eigenvalue weighted by Crippen LogP contribution is -2.49. The first kappa shape index (κ1) is 15.7. The number of nitrogens with one attached hydrogen (secondary N) is 1. The minimum absolute atomic E-state index is 0.223. The third-order valence-corrected chi connectivity index (χ3v) is 4.45. The number of benzene rings is 1. The van der Waals surface area contributed by atoms with Crippen molar-refractivity contribution in [1.82, 2.24) is 10.3 Å². The Labute approximate surface area is 136 Å². The fraction of sp³-hybridized carbons (Fsp3) is 0.444. The molecule has 0 aliphatic heterocycles. The van der Waals surface area contributed by atoms with Crippen molar-refractivity contribution in [2.24, 2.45) is 5.73 Å².